The monoisotopic (exact) mass is 438 g/mol. The summed E-state index contributed by atoms with van der Waals surface area (Å²) in [6.07, 6.45) is 9.65. The first-order valence-corrected chi connectivity index (χ1v) is 11.3. The lowest BCUT2D eigenvalue weighted by atomic mass is 10.1. The third kappa shape index (κ3) is 9.82. The molecule has 0 heterocycles. The van der Waals surface area contributed by atoms with Crippen LogP contribution in [0.5, 0.6) is 5.75 Å². The van der Waals surface area contributed by atoms with Crippen molar-refractivity contribution >= 4 is 11.9 Å². The number of hydrogen-bond acceptors (Lipinski definition) is 5. The van der Waals surface area contributed by atoms with Crippen molar-refractivity contribution in [3.63, 3.8) is 0 Å². The highest BCUT2D eigenvalue weighted by Gasteiger charge is 2.14. The quantitative estimate of drug-likeness (QED) is 0.208. The molecular formula is C27H34O5. The summed E-state index contributed by atoms with van der Waals surface area (Å²) in [5, 5.41) is 0. The molecule has 0 aliphatic heterocycles. The van der Waals surface area contributed by atoms with Crippen LogP contribution in [0.4, 0.5) is 0 Å². The van der Waals surface area contributed by atoms with Crippen LogP contribution in [0.1, 0.15) is 61.4 Å². The van der Waals surface area contributed by atoms with E-state index in [1.165, 1.54) is 7.11 Å². The third-order valence-corrected chi connectivity index (χ3v) is 5.09. The lowest BCUT2D eigenvalue weighted by molar-refractivity contribution is -0.140. The molecule has 0 aliphatic carbocycles. The number of carbonyl (C=O) groups excluding carboxylic acids is 2. The molecule has 0 saturated heterocycles. The molecule has 2 aromatic carbocycles. The van der Waals surface area contributed by atoms with E-state index in [0.717, 1.165) is 37.0 Å². The minimum absolute atomic E-state index is 0.139. The predicted octanol–water partition coefficient (Wildman–Crippen LogP) is 5.92. The van der Waals surface area contributed by atoms with Crippen LogP contribution < -0.4 is 4.74 Å². The van der Waals surface area contributed by atoms with Gasteiger partial charge in [-0.05, 0) is 49.1 Å². The molecule has 0 fully saturated rings. The molecule has 0 spiro atoms. The Bertz CT molecular complexity index is 827. The van der Waals surface area contributed by atoms with Crippen molar-refractivity contribution < 1.29 is 23.8 Å². The lowest BCUT2D eigenvalue weighted by Gasteiger charge is -2.16. The number of carbonyl (C=O) groups is 2. The fourth-order valence-electron chi connectivity index (χ4n) is 3.20. The van der Waals surface area contributed by atoms with Crippen LogP contribution in [0.2, 0.25) is 0 Å². The Hall–Kier alpha value is -3.08. The second-order valence-electron chi connectivity index (χ2n) is 7.63. The van der Waals surface area contributed by atoms with Gasteiger partial charge in [-0.15, -0.1) is 0 Å². The molecule has 0 radical (unpaired) electrons. The van der Waals surface area contributed by atoms with Gasteiger partial charge in [0, 0.05) is 12.8 Å². The van der Waals surface area contributed by atoms with Gasteiger partial charge in [-0.1, -0.05) is 62.2 Å². The highest BCUT2D eigenvalue weighted by atomic mass is 16.5. The summed E-state index contributed by atoms with van der Waals surface area (Å²) in [7, 11) is 1.40. The molecule has 32 heavy (non-hydrogen) atoms. The molecule has 0 aliphatic rings. The van der Waals surface area contributed by atoms with Gasteiger partial charge in [0.1, 0.15) is 18.5 Å². The Labute approximate surface area is 191 Å². The van der Waals surface area contributed by atoms with Gasteiger partial charge in [0.05, 0.1) is 12.7 Å². The minimum Gasteiger partial charge on any atom is -0.490 e. The van der Waals surface area contributed by atoms with Gasteiger partial charge in [-0.2, -0.15) is 0 Å². The molecule has 0 amide bonds. The molecule has 2 rings (SSSR count). The summed E-state index contributed by atoms with van der Waals surface area (Å²) in [5.41, 5.74) is 1.64. The highest BCUT2D eigenvalue weighted by molar-refractivity contribution is 5.89. The summed E-state index contributed by atoms with van der Waals surface area (Å²) in [4.78, 5) is 23.6. The molecule has 5 nitrogen and oxygen atoms in total. The number of rotatable bonds is 14. The average Bonchev–Trinajstić information content (AvgIpc) is 2.83. The molecule has 2 aromatic rings. The largest absolute Gasteiger partial charge is 0.490 e. The first-order chi connectivity index (χ1) is 15.6. The van der Waals surface area contributed by atoms with Crippen molar-refractivity contribution in [2.45, 2.75) is 58.0 Å². The molecule has 1 unspecified atom stereocenters. The number of aryl methyl sites for hydroxylation is 1. The summed E-state index contributed by atoms with van der Waals surface area (Å²) in [5.74, 6) is 0.286. The second kappa shape index (κ2) is 14.8. The first-order valence-electron chi connectivity index (χ1n) is 11.3. The van der Waals surface area contributed by atoms with Crippen molar-refractivity contribution in [2.75, 3.05) is 13.7 Å². The maximum atomic E-state index is 12.4. The number of benzene rings is 2. The van der Waals surface area contributed by atoms with E-state index in [1.54, 1.807) is 12.1 Å². The number of unbranched alkanes of at least 4 members (excludes halogenated alkanes) is 2. The van der Waals surface area contributed by atoms with Crippen molar-refractivity contribution in [3.05, 3.63) is 77.9 Å². The first kappa shape index (κ1) is 25.2. The highest BCUT2D eigenvalue weighted by Crippen LogP contribution is 2.15. The van der Waals surface area contributed by atoms with Crippen LogP contribution in [0, 0.1) is 0 Å². The summed E-state index contributed by atoms with van der Waals surface area (Å²) in [6, 6.07) is 16.8. The Kier molecular flexibility index (Phi) is 11.7. The van der Waals surface area contributed by atoms with E-state index in [-0.39, 0.29) is 18.0 Å². The molecule has 0 bridgehead atoms. The zero-order valence-corrected chi connectivity index (χ0v) is 19.1. The zero-order chi connectivity index (χ0) is 23.0. The van der Waals surface area contributed by atoms with Gasteiger partial charge in [0.2, 0.25) is 0 Å². The van der Waals surface area contributed by atoms with E-state index >= 15 is 0 Å². The van der Waals surface area contributed by atoms with Crippen LogP contribution in [0.15, 0.2) is 66.7 Å². The molecule has 1 atom stereocenters. The second-order valence-corrected chi connectivity index (χ2v) is 7.63. The van der Waals surface area contributed by atoms with E-state index in [0.29, 0.717) is 31.4 Å². The molecule has 0 saturated carbocycles. The van der Waals surface area contributed by atoms with Gasteiger partial charge in [0.25, 0.3) is 0 Å². The van der Waals surface area contributed by atoms with E-state index in [1.807, 2.05) is 54.6 Å². The Balaban J connectivity index is 1.78. The number of methoxy groups -OCH3 is 1. The van der Waals surface area contributed by atoms with Gasteiger partial charge < -0.3 is 14.2 Å². The molecular weight excluding hydrogens is 404 g/mol. The third-order valence-electron chi connectivity index (χ3n) is 5.09. The Morgan fingerprint density at radius 2 is 1.72 bits per heavy atom. The van der Waals surface area contributed by atoms with E-state index < -0.39 is 0 Å². The fraction of sp³-hybridized carbons (Fsp3) is 0.407. The molecule has 0 aromatic heterocycles. The predicted molar refractivity (Wildman–Crippen MR) is 126 cm³/mol. The SMILES string of the molecule is CCCCCC(C/C=C/COc1ccc(CCC(=O)OC)cc1)OC(=O)c1ccccc1. The number of hydrogen-bond donors (Lipinski definition) is 0. The van der Waals surface area contributed by atoms with E-state index in [9.17, 15) is 9.59 Å². The number of ether oxygens (including phenoxy) is 3. The van der Waals surface area contributed by atoms with Crippen LogP contribution in [-0.4, -0.2) is 31.8 Å². The van der Waals surface area contributed by atoms with E-state index in [2.05, 4.69) is 11.7 Å². The van der Waals surface area contributed by atoms with Gasteiger partial charge in [0.15, 0.2) is 0 Å². The van der Waals surface area contributed by atoms with Crippen LogP contribution in [0.3, 0.4) is 0 Å². The van der Waals surface area contributed by atoms with Crippen LogP contribution in [0.25, 0.3) is 0 Å². The standard InChI is InChI=1S/C27H34O5/c1-3-4-6-13-25(32-27(29)23-11-7-5-8-12-23)14-9-10-21-31-24-18-15-22(16-19-24)17-20-26(28)30-2/h5,7-12,15-16,18-19,25H,3-4,6,13-14,17,20-21H2,1-2H3/b10-9+. The molecule has 172 valence electrons. The summed E-state index contributed by atoms with van der Waals surface area (Å²) >= 11 is 0. The minimum atomic E-state index is -0.274. The van der Waals surface area contributed by atoms with Crippen LogP contribution in [-0.2, 0) is 20.7 Å². The molecule has 0 N–H and O–H groups in total. The fourth-order valence-corrected chi connectivity index (χ4v) is 3.20. The summed E-state index contributed by atoms with van der Waals surface area (Å²) < 4.78 is 16.2. The van der Waals surface area contributed by atoms with Gasteiger partial charge in [-0.25, -0.2) is 4.79 Å². The van der Waals surface area contributed by atoms with Crippen molar-refractivity contribution in [1.29, 1.82) is 0 Å². The Morgan fingerprint density at radius 1 is 0.969 bits per heavy atom. The Morgan fingerprint density at radius 3 is 2.41 bits per heavy atom. The van der Waals surface area contributed by atoms with Gasteiger partial charge in [-0.3, -0.25) is 4.79 Å². The maximum absolute atomic E-state index is 12.4. The van der Waals surface area contributed by atoms with Crippen molar-refractivity contribution in [1.82, 2.24) is 0 Å². The number of esters is 2. The molecule has 5 heteroatoms. The smallest absolute Gasteiger partial charge is 0.338 e. The topological polar surface area (TPSA) is 61.8 Å². The van der Waals surface area contributed by atoms with Gasteiger partial charge >= 0.3 is 11.9 Å². The summed E-state index contributed by atoms with van der Waals surface area (Å²) in [6.45, 7) is 2.60. The van der Waals surface area contributed by atoms with E-state index in [4.69, 9.17) is 9.47 Å². The van der Waals surface area contributed by atoms with Crippen LogP contribution >= 0.6 is 0 Å². The van der Waals surface area contributed by atoms with Crippen molar-refractivity contribution in [2.24, 2.45) is 0 Å². The zero-order valence-electron chi connectivity index (χ0n) is 19.1. The maximum Gasteiger partial charge on any atom is 0.338 e. The average molecular weight is 439 g/mol. The van der Waals surface area contributed by atoms with Crippen molar-refractivity contribution in [3.8, 4) is 5.75 Å². The normalized spacial score (nSPS) is 11.8. The lowest BCUT2D eigenvalue weighted by Crippen LogP contribution is -2.18.